The van der Waals surface area contributed by atoms with E-state index in [4.69, 9.17) is 0 Å². The number of carbonyl (C=O) groups excluding carboxylic acids is 1. The third kappa shape index (κ3) is 6.52. The minimum Gasteiger partial charge on any atom is -0.355 e. The zero-order valence-corrected chi connectivity index (χ0v) is 16.0. The van der Waals surface area contributed by atoms with Crippen molar-refractivity contribution in [2.75, 3.05) is 26.2 Å². The second-order valence-corrected chi connectivity index (χ2v) is 5.93. The largest absolute Gasteiger partial charge is 0.355 e. The summed E-state index contributed by atoms with van der Waals surface area (Å²) in [6.07, 6.45) is 0.976. The number of hydrogen-bond donors (Lipinski definition) is 1. The molecule has 0 fully saturated rings. The number of rotatable bonds is 9. The van der Waals surface area contributed by atoms with E-state index in [-0.39, 0.29) is 24.2 Å². The van der Waals surface area contributed by atoms with Crippen molar-refractivity contribution in [3.63, 3.8) is 0 Å². The SMILES string of the molecule is CCN(CC)CCCNC(=O)C(c1ccccc1)c1ccccc1.Cl. The molecule has 2 aromatic rings. The molecular weight excluding hydrogens is 332 g/mol. The summed E-state index contributed by atoms with van der Waals surface area (Å²) in [5.41, 5.74) is 2.06. The standard InChI is InChI=1S/C21H28N2O.ClH/c1-3-23(4-2)17-11-16-22-21(24)20(18-12-7-5-8-13-18)19-14-9-6-10-15-19;/h5-10,12-15,20H,3-4,11,16-17H2,1-2H3,(H,22,24);1H. The summed E-state index contributed by atoms with van der Waals surface area (Å²) in [6.45, 7) is 8.19. The lowest BCUT2D eigenvalue weighted by Gasteiger charge is -2.20. The monoisotopic (exact) mass is 360 g/mol. The van der Waals surface area contributed by atoms with Gasteiger partial charge in [0.2, 0.25) is 5.91 Å². The number of halogens is 1. The minimum absolute atomic E-state index is 0. The summed E-state index contributed by atoms with van der Waals surface area (Å²) in [4.78, 5) is 15.2. The molecule has 0 heterocycles. The van der Waals surface area contributed by atoms with E-state index in [1.54, 1.807) is 0 Å². The molecule has 0 aromatic heterocycles. The fourth-order valence-corrected chi connectivity index (χ4v) is 2.94. The van der Waals surface area contributed by atoms with Crippen LogP contribution in [0.5, 0.6) is 0 Å². The van der Waals surface area contributed by atoms with E-state index in [0.717, 1.165) is 37.2 Å². The van der Waals surface area contributed by atoms with Crippen molar-refractivity contribution in [1.82, 2.24) is 10.2 Å². The van der Waals surface area contributed by atoms with Crippen molar-refractivity contribution in [3.05, 3.63) is 71.8 Å². The van der Waals surface area contributed by atoms with Crippen molar-refractivity contribution in [2.45, 2.75) is 26.2 Å². The van der Waals surface area contributed by atoms with Gasteiger partial charge in [-0.05, 0) is 37.2 Å². The molecule has 0 saturated carbocycles. The molecule has 0 saturated heterocycles. The first kappa shape index (κ1) is 21.2. The maximum absolute atomic E-state index is 12.8. The van der Waals surface area contributed by atoms with Crippen LogP contribution in [0.15, 0.2) is 60.7 Å². The highest BCUT2D eigenvalue weighted by Gasteiger charge is 2.21. The van der Waals surface area contributed by atoms with Gasteiger partial charge in [-0.1, -0.05) is 74.5 Å². The maximum atomic E-state index is 12.8. The van der Waals surface area contributed by atoms with E-state index >= 15 is 0 Å². The van der Waals surface area contributed by atoms with Gasteiger partial charge >= 0.3 is 0 Å². The highest BCUT2D eigenvalue weighted by Crippen LogP contribution is 2.24. The number of amides is 1. The molecule has 2 aromatic carbocycles. The van der Waals surface area contributed by atoms with Gasteiger partial charge in [-0.15, -0.1) is 12.4 Å². The minimum atomic E-state index is -0.249. The number of hydrogen-bond acceptors (Lipinski definition) is 2. The molecular formula is C21H29ClN2O. The van der Waals surface area contributed by atoms with Gasteiger partial charge in [0, 0.05) is 6.54 Å². The fourth-order valence-electron chi connectivity index (χ4n) is 2.94. The fraction of sp³-hybridized carbons (Fsp3) is 0.381. The van der Waals surface area contributed by atoms with Gasteiger partial charge in [0.15, 0.2) is 0 Å². The lowest BCUT2D eigenvalue weighted by atomic mass is 9.90. The van der Waals surface area contributed by atoms with E-state index in [0.29, 0.717) is 6.54 Å². The predicted molar refractivity (Wildman–Crippen MR) is 107 cm³/mol. The van der Waals surface area contributed by atoms with Crippen LogP contribution < -0.4 is 5.32 Å². The summed E-state index contributed by atoms with van der Waals surface area (Å²) in [6, 6.07) is 20.0. The summed E-state index contributed by atoms with van der Waals surface area (Å²) >= 11 is 0. The number of nitrogens with zero attached hydrogens (tertiary/aromatic N) is 1. The summed E-state index contributed by atoms with van der Waals surface area (Å²) < 4.78 is 0. The first-order valence-electron chi connectivity index (χ1n) is 8.86. The molecule has 0 aliphatic heterocycles. The Bertz CT molecular complexity index is 560. The molecule has 0 bridgehead atoms. The first-order valence-corrected chi connectivity index (χ1v) is 8.86. The number of carbonyl (C=O) groups is 1. The van der Waals surface area contributed by atoms with Gasteiger partial charge in [0.05, 0.1) is 5.92 Å². The molecule has 0 aliphatic carbocycles. The summed E-state index contributed by atoms with van der Waals surface area (Å²) in [5.74, 6) is -0.173. The second kappa shape index (κ2) is 11.7. The van der Waals surface area contributed by atoms with Crippen molar-refractivity contribution in [2.24, 2.45) is 0 Å². The number of nitrogens with one attached hydrogen (secondary N) is 1. The summed E-state index contributed by atoms with van der Waals surface area (Å²) in [5, 5.41) is 3.12. The van der Waals surface area contributed by atoms with E-state index in [1.807, 2.05) is 60.7 Å². The third-order valence-corrected chi connectivity index (χ3v) is 4.37. The molecule has 0 atom stereocenters. The zero-order chi connectivity index (χ0) is 17.2. The third-order valence-electron chi connectivity index (χ3n) is 4.37. The van der Waals surface area contributed by atoms with Gasteiger partial charge < -0.3 is 10.2 Å². The molecule has 3 nitrogen and oxygen atoms in total. The Morgan fingerprint density at radius 2 is 1.40 bits per heavy atom. The molecule has 1 N–H and O–H groups in total. The van der Waals surface area contributed by atoms with Gasteiger partial charge in [-0.25, -0.2) is 0 Å². The first-order chi connectivity index (χ1) is 11.8. The van der Waals surface area contributed by atoms with Crippen LogP contribution >= 0.6 is 12.4 Å². The highest BCUT2D eigenvalue weighted by atomic mass is 35.5. The molecule has 0 radical (unpaired) electrons. The van der Waals surface area contributed by atoms with Crippen LogP contribution in [0.2, 0.25) is 0 Å². The Kier molecular flexibility index (Phi) is 9.90. The summed E-state index contributed by atoms with van der Waals surface area (Å²) in [7, 11) is 0. The molecule has 1 amide bonds. The van der Waals surface area contributed by atoms with Crippen molar-refractivity contribution >= 4 is 18.3 Å². The van der Waals surface area contributed by atoms with Crippen LogP contribution in [0.3, 0.4) is 0 Å². The predicted octanol–water partition coefficient (Wildman–Crippen LogP) is 4.09. The molecule has 136 valence electrons. The van der Waals surface area contributed by atoms with Crippen LogP contribution in [0.4, 0.5) is 0 Å². The molecule has 2 rings (SSSR count). The number of benzene rings is 2. The van der Waals surface area contributed by atoms with E-state index in [9.17, 15) is 4.79 Å². The Hall–Kier alpha value is -1.84. The normalized spacial score (nSPS) is 10.6. The Balaban J connectivity index is 0.00000312. The molecule has 0 aliphatic rings. The topological polar surface area (TPSA) is 32.3 Å². The lowest BCUT2D eigenvalue weighted by molar-refractivity contribution is -0.121. The molecule has 0 unspecified atom stereocenters. The zero-order valence-electron chi connectivity index (χ0n) is 15.2. The van der Waals surface area contributed by atoms with E-state index in [1.165, 1.54) is 0 Å². The van der Waals surface area contributed by atoms with Gasteiger partial charge in [0.1, 0.15) is 0 Å². The molecule has 25 heavy (non-hydrogen) atoms. The van der Waals surface area contributed by atoms with Crippen LogP contribution in [0.1, 0.15) is 37.3 Å². The van der Waals surface area contributed by atoms with E-state index < -0.39 is 0 Å². The second-order valence-electron chi connectivity index (χ2n) is 5.93. The highest BCUT2D eigenvalue weighted by molar-refractivity contribution is 5.87. The maximum Gasteiger partial charge on any atom is 0.232 e. The van der Waals surface area contributed by atoms with Crippen LogP contribution in [0.25, 0.3) is 0 Å². The van der Waals surface area contributed by atoms with Crippen LogP contribution in [0, 0.1) is 0 Å². The van der Waals surface area contributed by atoms with Crippen molar-refractivity contribution < 1.29 is 4.79 Å². The van der Waals surface area contributed by atoms with Crippen LogP contribution in [-0.2, 0) is 4.79 Å². The Morgan fingerprint density at radius 1 is 0.920 bits per heavy atom. The Morgan fingerprint density at radius 3 is 1.84 bits per heavy atom. The van der Waals surface area contributed by atoms with Gasteiger partial charge in [-0.2, -0.15) is 0 Å². The smallest absolute Gasteiger partial charge is 0.232 e. The van der Waals surface area contributed by atoms with Crippen molar-refractivity contribution in [3.8, 4) is 0 Å². The Labute approximate surface area is 157 Å². The van der Waals surface area contributed by atoms with Crippen molar-refractivity contribution in [1.29, 1.82) is 0 Å². The van der Waals surface area contributed by atoms with Gasteiger partial charge in [0.25, 0.3) is 0 Å². The van der Waals surface area contributed by atoms with Crippen LogP contribution in [-0.4, -0.2) is 37.0 Å². The lowest BCUT2D eigenvalue weighted by Crippen LogP contribution is -2.33. The average Bonchev–Trinajstić information content (AvgIpc) is 2.64. The molecule has 0 spiro atoms. The average molecular weight is 361 g/mol. The van der Waals surface area contributed by atoms with E-state index in [2.05, 4.69) is 24.1 Å². The molecule has 4 heteroatoms. The van der Waals surface area contributed by atoms with Gasteiger partial charge in [-0.3, -0.25) is 4.79 Å². The quantitative estimate of drug-likeness (QED) is 0.683.